The molecule has 4 rings (SSSR count). The minimum Gasteiger partial charge on any atom is -0.454 e. The van der Waals surface area contributed by atoms with Crippen molar-refractivity contribution in [2.24, 2.45) is 11.8 Å². The largest absolute Gasteiger partial charge is 0.454 e. The number of Topliss-reactive ketones (excluding diaryl/α,β-unsaturated/α-hetero) is 2. The number of carbonyl (C=O) groups is 4. The number of rotatable bonds is 11. The van der Waals surface area contributed by atoms with Crippen molar-refractivity contribution in [2.45, 2.75) is 32.9 Å². The van der Waals surface area contributed by atoms with Gasteiger partial charge in [-0.05, 0) is 42.7 Å². The maximum Gasteiger partial charge on any atom is 0.231 e. The van der Waals surface area contributed by atoms with E-state index in [9.17, 15) is 19.2 Å². The molecular weight excluding hydrogens is 484 g/mol. The van der Waals surface area contributed by atoms with Crippen LogP contribution in [-0.4, -0.2) is 30.2 Å². The lowest BCUT2D eigenvalue weighted by atomic mass is 9.72. The van der Waals surface area contributed by atoms with Crippen LogP contribution in [-0.2, 0) is 32.3 Å². The summed E-state index contributed by atoms with van der Waals surface area (Å²) in [7, 11) is 0. The molecule has 1 aliphatic heterocycles. The number of carbonyl (C=O) groups excluding carboxylic acids is 4. The molecule has 0 aliphatic carbocycles. The number of fused-ring (bicyclic) bond motifs is 1. The van der Waals surface area contributed by atoms with Crippen molar-refractivity contribution in [1.29, 1.82) is 0 Å². The molecule has 0 bridgehead atoms. The third-order valence-electron chi connectivity index (χ3n) is 6.56. The van der Waals surface area contributed by atoms with Gasteiger partial charge in [0.05, 0.1) is 0 Å². The van der Waals surface area contributed by atoms with Crippen LogP contribution in [0.1, 0.15) is 36.5 Å². The molecule has 0 saturated heterocycles. The van der Waals surface area contributed by atoms with E-state index >= 15 is 0 Å². The van der Waals surface area contributed by atoms with Crippen molar-refractivity contribution in [3.63, 3.8) is 0 Å². The maximum atomic E-state index is 13.5. The first-order valence-corrected chi connectivity index (χ1v) is 12.4. The number of benzene rings is 3. The lowest BCUT2D eigenvalue weighted by Gasteiger charge is -2.30. The summed E-state index contributed by atoms with van der Waals surface area (Å²) < 4.78 is 10.9. The predicted octanol–water partition coefficient (Wildman–Crippen LogP) is 3.54. The fraction of sp³-hybridized carbons (Fsp3) is 0.267. The molecule has 0 aromatic heterocycles. The Balaban J connectivity index is 1.68. The predicted molar refractivity (Wildman–Crippen MR) is 140 cm³/mol. The molecule has 1 aliphatic rings. The zero-order valence-electron chi connectivity index (χ0n) is 21.3. The van der Waals surface area contributed by atoms with Crippen LogP contribution in [0.25, 0.3) is 0 Å². The van der Waals surface area contributed by atoms with Gasteiger partial charge in [0.2, 0.25) is 18.6 Å². The standard InChI is InChI=1S/C30H30N2O6/c1-19(33)26(29(35)31-16-21-9-5-3-6-10-21)28(23-13-14-24-25(15-23)38-18-37-24)27(20(2)34)30(36)32-17-22-11-7-4-8-12-22/h3-15,26-28H,16-18H2,1-2H3,(H,31,35)(H,32,36). The van der Waals surface area contributed by atoms with E-state index in [-0.39, 0.29) is 19.9 Å². The summed E-state index contributed by atoms with van der Waals surface area (Å²) in [5.41, 5.74) is 2.16. The molecule has 38 heavy (non-hydrogen) atoms. The summed E-state index contributed by atoms with van der Waals surface area (Å²) in [6, 6.07) is 23.5. The Kier molecular flexibility index (Phi) is 8.53. The van der Waals surface area contributed by atoms with Gasteiger partial charge in [0, 0.05) is 19.0 Å². The Morgan fingerprint density at radius 3 is 1.63 bits per heavy atom. The Morgan fingerprint density at radius 2 is 1.16 bits per heavy atom. The Bertz CT molecular complexity index is 1240. The lowest BCUT2D eigenvalue weighted by Crippen LogP contribution is -2.46. The second kappa shape index (κ2) is 12.2. The van der Waals surface area contributed by atoms with Gasteiger partial charge in [-0.2, -0.15) is 0 Å². The average Bonchev–Trinajstić information content (AvgIpc) is 3.39. The second-order valence-corrected chi connectivity index (χ2v) is 9.22. The molecule has 2 atom stereocenters. The van der Waals surface area contributed by atoms with Gasteiger partial charge in [-0.3, -0.25) is 19.2 Å². The molecule has 0 fully saturated rings. The van der Waals surface area contributed by atoms with Crippen LogP contribution in [0.5, 0.6) is 11.5 Å². The highest BCUT2D eigenvalue weighted by molar-refractivity contribution is 6.06. The Morgan fingerprint density at radius 1 is 0.684 bits per heavy atom. The quantitative estimate of drug-likeness (QED) is 0.379. The molecule has 1 heterocycles. The molecule has 2 amide bonds. The molecule has 0 spiro atoms. The number of amides is 2. The summed E-state index contributed by atoms with van der Waals surface area (Å²) in [4.78, 5) is 53.0. The van der Waals surface area contributed by atoms with Crippen molar-refractivity contribution in [2.75, 3.05) is 6.79 Å². The van der Waals surface area contributed by atoms with Gasteiger partial charge < -0.3 is 20.1 Å². The van der Waals surface area contributed by atoms with E-state index in [4.69, 9.17) is 9.47 Å². The molecule has 3 aromatic rings. The third kappa shape index (κ3) is 6.26. The number of nitrogens with one attached hydrogen (secondary N) is 2. The second-order valence-electron chi connectivity index (χ2n) is 9.22. The zero-order valence-corrected chi connectivity index (χ0v) is 21.3. The van der Waals surface area contributed by atoms with E-state index in [1.54, 1.807) is 18.2 Å². The summed E-state index contributed by atoms with van der Waals surface area (Å²) in [6.07, 6.45) is 0. The van der Waals surface area contributed by atoms with E-state index < -0.39 is 41.1 Å². The molecule has 196 valence electrons. The first-order valence-electron chi connectivity index (χ1n) is 12.4. The van der Waals surface area contributed by atoms with Crippen LogP contribution >= 0.6 is 0 Å². The van der Waals surface area contributed by atoms with E-state index in [2.05, 4.69) is 10.6 Å². The van der Waals surface area contributed by atoms with Crippen LogP contribution < -0.4 is 20.1 Å². The first-order chi connectivity index (χ1) is 18.3. The van der Waals surface area contributed by atoms with Crippen molar-refractivity contribution in [1.82, 2.24) is 10.6 Å². The normalized spacial score (nSPS) is 14.2. The SMILES string of the molecule is CC(=O)C(C(=O)NCc1ccccc1)C(c1ccc2c(c1)OCO2)C(C(C)=O)C(=O)NCc1ccccc1. The Hall–Kier alpha value is -4.46. The lowest BCUT2D eigenvalue weighted by molar-refractivity contribution is -0.138. The maximum absolute atomic E-state index is 13.5. The van der Waals surface area contributed by atoms with Crippen LogP contribution in [0.4, 0.5) is 0 Å². The van der Waals surface area contributed by atoms with Gasteiger partial charge in [-0.25, -0.2) is 0 Å². The number of hydrogen-bond donors (Lipinski definition) is 2. The third-order valence-corrected chi connectivity index (χ3v) is 6.56. The van der Waals surface area contributed by atoms with Gasteiger partial charge >= 0.3 is 0 Å². The number of ether oxygens (including phenoxy) is 2. The summed E-state index contributed by atoms with van der Waals surface area (Å²) in [5, 5.41) is 5.63. The summed E-state index contributed by atoms with van der Waals surface area (Å²) >= 11 is 0. The zero-order chi connectivity index (χ0) is 27.1. The van der Waals surface area contributed by atoms with E-state index in [0.717, 1.165) is 11.1 Å². The van der Waals surface area contributed by atoms with Gasteiger partial charge in [-0.1, -0.05) is 66.7 Å². The first kappa shape index (κ1) is 26.6. The van der Waals surface area contributed by atoms with E-state index in [1.165, 1.54) is 13.8 Å². The smallest absolute Gasteiger partial charge is 0.231 e. The van der Waals surface area contributed by atoms with Crippen LogP contribution in [0.3, 0.4) is 0 Å². The Labute approximate surface area is 221 Å². The van der Waals surface area contributed by atoms with Crippen molar-refractivity contribution < 1.29 is 28.7 Å². The molecule has 8 nitrogen and oxygen atoms in total. The van der Waals surface area contributed by atoms with E-state index in [1.807, 2.05) is 60.7 Å². The topological polar surface area (TPSA) is 111 Å². The van der Waals surface area contributed by atoms with Crippen LogP contribution in [0.2, 0.25) is 0 Å². The van der Waals surface area contributed by atoms with Crippen LogP contribution in [0, 0.1) is 11.8 Å². The number of hydrogen-bond acceptors (Lipinski definition) is 6. The minimum absolute atomic E-state index is 0.0326. The van der Waals surface area contributed by atoms with Gasteiger partial charge in [-0.15, -0.1) is 0 Å². The average molecular weight is 515 g/mol. The van der Waals surface area contributed by atoms with E-state index in [0.29, 0.717) is 17.1 Å². The molecule has 3 aromatic carbocycles. The summed E-state index contributed by atoms with van der Waals surface area (Å²) in [5.74, 6) is -4.77. The summed E-state index contributed by atoms with van der Waals surface area (Å²) in [6.45, 7) is 3.02. The van der Waals surface area contributed by atoms with Crippen LogP contribution in [0.15, 0.2) is 78.9 Å². The van der Waals surface area contributed by atoms with Crippen molar-refractivity contribution in [3.05, 3.63) is 95.6 Å². The van der Waals surface area contributed by atoms with Gasteiger partial charge in [0.15, 0.2) is 11.5 Å². The fourth-order valence-corrected chi connectivity index (χ4v) is 4.69. The van der Waals surface area contributed by atoms with Gasteiger partial charge in [0.25, 0.3) is 0 Å². The monoisotopic (exact) mass is 514 g/mol. The highest BCUT2D eigenvalue weighted by atomic mass is 16.7. The molecule has 0 radical (unpaired) electrons. The highest BCUT2D eigenvalue weighted by Gasteiger charge is 2.44. The number of ketones is 2. The van der Waals surface area contributed by atoms with Crippen molar-refractivity contribution >= 4 is 23.4 Å². The molecule has 2 N–H and O–H groups in total. The van der Waals surface area contributed by atoms with Crippen molar-refractivity contribution in [3.8, 4) is 11.5 Å². The van der Waals surface area contributed by atoms with Gasteiger partial charge in [0.1, 0.15) is 23.4 Å². The molecule has 2 unspecified atom stereocenters. The minimum atomic E-state index is -1.30. The highest BCUT2D eigenvalue weighted by Crippen LogP contribution is 2.40. The fourth-order valence-electron chi connectivity index (χ4n) is 4.69. The molecule has 8 heteroatoms. The molecule has 0 saturated carbocycles. The molecular formula is C30H30N2O6.